The van der Waals surface area contributed by atoms with Crippen molar-refractivity contribution < 1.29 is 9.84 Å². The van der Waals surface area contributed by atoms with Gasteiger partial charge in [0.25, 0.3) is 0 Å². The third-order valence-corrected chi connectivity index (χ3v) is 4.02. The predicted octanol–water partition coefficient (Wildman–Crippen LogP) is 2.44. The summed E-state index contributed by atoms with van der Waals surface area (Å²) in [6, 6.07) is 4.26. The highest BCUT2D eigenvalue weighted by Crippen LogP contribution is 2.35. The maximum absolute atomic E-state index is 9.26. The van der Waals surface area contributed by atoms with Crippen LogP contribution >= 0.6 is 0 Å². The van der Waals surface area contributed by atoms with Crippen molar-refractivity contribution in [2.45, 2.75) is 32.7 Å². The second kappa shape index (κ2) is 4.32. The average molecular weight is 245 g/mol. The SMILES string of the molecule is COc1cc2c3c(c1)c(CCO)c(C)n3CCC2. The van der Waals surface area contributed by atoms with E-state index in [1.165, 1.54) is 34.1 Å². The zero-order chi connectivity index (χ0) is 12.7. The molecule has 1 aromatic carbocycles. The quantitative estimate of drug-likeness (QED) is 0.901. The predicted molar refractivity (Wildman–Crippen MR) is 72.3 cm³/mol. The summed E-state index contributed by atoms with van der Waals surface area (Å²) in [6.07, 6.45) is 3.03. The molecule has 3 nitrogen and oxygen atoms in total. The molecular weight excluding hydrogens is 226 g/mol. The molecule has 2 heterocycles. The lowest BCUT2D eigenvalue weighted by Crippen LogP contribution is -2.09. The van der Waals surface area contributed by atoms with Gasteiger partial charge < -0.3 is 14.4 Å². The van der Waals surface area contributed by atoms with Crippen LogP contribution in [0.4, 0.5) is 0 Å². The summed E-state index contributed by atoms with van der Waals surface area (Å²) < 4.78 is 7.80. The second-order valence-corrected chi connectivity index (χ2v) is 4.98. The molecule has 0 aliphatic carbocycles. The number of nitrogens with zero attached hydrogens (tertiary/aromatic N) is 1. The number of hydrogen-bond donors (Lipinski definition) is 1. The van der Waals surface area contributed by atoms with Gasteiger partial charge in [-0.05, 0) is 49.4 Å². The lowest BCUT2D eigenvalue weighted by atomic mass is 10.0. The number of aryl methyl sites for hydroxylation is 2. The number of hydrogen-bond acceptors (Lipinski definition) is 2. The highest BCUT2D eigenvalue weighted by molar-refractivity contribution is 5.90. The van der Waals surface area contributed by atoms with E-state index >= 15 is 0 Å². The minimum atomic E-state index is 0.201. The number of aliphatic hydroxyl groups excluding tert-OH is 1. The van der Waals surface area contributed by atoms with Gasteiger partial charge in [-0.1, -0.05) is 0 Å². The number of ether oxygens (including phenoxy) is 1. The van der Waals surface area contributed by atoms with E-state index in [-0.39, 0.29) is 6.61 Å². The van der Waals surface area contributed by atoms with Crippen LogP contribution in [0.15, 0.2) is 12.1 Å². The Hall–Kier alpha value is -1.48. The number of benzene rings is 1. The van der Waals surface area contributed by atoms with E-state index in [0.29, 0.717) is 0 Å². The molecule has 1 aliphatic heterocycles. The van der Waals surface area contributed by atoms with E-state index in [1.54, 1.807) is 7.11 Å². The van der Waals surface area contributed by atoms with Gasteiger partial charge in [0.2, 0.25) is 0 Å². The Kier molecular flexibility index (Phi) is 2.78. The largest absolute Gasteiger partial charge is 0.497 e. The Labute approximate surface area is 107 Å². The average Bonchev–Trinajstić information content (AvgIpc) is 2.67. The van der Waals surface area contributed by atoms with Gasteiger partial charge in [0.15, 0.2) is 0 Å². The molecule has 0 fully saturated rings. The van der Waals surface area contributed by atoms with E-state index in [4.69, 9.17) is 4.74 Å². The normalized spacial score (nSPS) is 14.2. The van der Waals surface area contributed by atoms with Crippen molar-refractivity contribution >= 4 is 10.9 Å². The topological polar surface area (TPSA) is 34.4 Å². The van der Waals surface area contributed by atoms with Gasteiger partial charge in [0.1, 0.15) is 5.75 Å². The molecule has 1 N–H and O–H groups in total. The third kappa shape index (κ3) is 1.54. The third-order valence-electron chi connectivity index (χ3n) is 4.02. The van der Waals surface area contributed by atoms with Gasteiger partial charge in [-0.15, -0.1) is 0 Å². The summed E-state index contributed by atoms with van der Waals surface area (Å²) in [6.45, 7) is 3.45. The molecule has 3 rings (SSSR count). The molecule has 0 saturated heterocycles. The van der Waals surface area contributed by atoms with Crippen molar-refractivity contribution in [3.05, 3.63) is 29.0 Å². The first kappa shape index (κ1) is 11.6. The van der Waals surface area contributed by atoms with Crippen LogP contribution in [0.25, 0.3) is 10.9 Å². The Morgan fingerprint density at radius 3 is 2.94 bits per heavy atom. The standard InChI is InChI=1S/C15H19NO2/c1-10-13(5-7-17)14-9-12(18-2)8-11-4-3-6-16(10)15(11)14/h8-9,17H,3-7H2,1-2H3. The number of rotatable bonds is 3. The highest BCUT2D eigenvalue weighted by Gasteiger charge is 2.20. The lowest BCUT2D eigenvalue weighted by molar-refractivity contribution is 0.299. The van der Waals surface area contributed by atoms with Crippen molar-refractivity contribution in [1.29, 1.82) is 0 Å². The molecule has 0 atom stereocenters. The van der Waals surface area contributed by atoms with Crippen LogP contribution in [0.5, 0.6) is 5.75 Å². The van der Waals surface area contributed by atoms with Gasteiger partial charge >= 0.3 is 0 Å². The second-order valence-electron chi connectivity index (χ2n) is 4.98. The van der Waals surface area contributed by atoms with Crippen LogP contribution < -0.4 is 4.74 Å². The first-order valence-electron chi connectivity index (χ1n) is 6.55. The molecule has 0 spiro atoms. The molecule has 0 radical (unpaired) electrons. The van der Waals surface area contributed by atoms with Crippen molar-refractivity contribution in [2.24, 2.45) is 0 Å². The highest BCUT2D eigenvalue weighted by atomic mass is 16.5. The van der Waals surface area contributed by atoms with Gasteiger partial charge in [0, 0.05) is 24.2 Å². The molecule has 3 heteroatoms. The van der Waals surface area contributed by atoms with Crippen LogP contribution in [0.1, 0.15) is 23.2 Å². The Bertz CT molecular complexity index is 598. The van der Waals surface area contributed by atoms with Crippen molar-refractivity contribution in [1.82, 2.24) is 4.57 Å². The zero-order valence-electron chi connectivity index (χ0n) is 11.0. The smallest absolute Gasteiger partial charge is 0.119 e. The monoisotopic (exact) mass is 245 g/mol. The maximum atomic E-state index is 9.26. The molecule has 0 unspecified atom stereocenters. The summed E-state index contributed by atoms with van der Waals surface area (Å²) in [7, 11) is 1.71. The number of aromatic nitrogens is 1. The van der Waals surface area contributed by atoms with Crippen LogP contribution in [-0.4, -0.2) is 23.4 Å². The first-order valence-corrected chi connectivity index (χ1v) is 6.55. The maximum Gasteiger partial charge on any atom is 0.119 e. The Morgan fingerprint density at radius 1 is 1.39 bits per heavy atom. The van der Waals surface area contributed by atoms with Gasteiger partial charge in [-0.25, -0.2) is 0 Å². The van der Waals surface area contributed by atoms with Crippen molar-refractivity contribution in [2.75, 3.05) is 13.7 Å². The minimum Gasteiger partial charge on any atom is -0.497 e. The van der Waals surface area contributed by atoms with E-state index < -0.39 is 0 Å². The fourth-order valence-electron chi connectivity index (χ4n) is 3.18. The van der Waals surface area contributed by atoms with E-state index in [1.807, 2.05) is 0 Å². The molecule has 0 amide bonds. The fourth-order valence-corrected chi connectivity index (χ4v) is 3.18. The Balaban J connectivity index is 2.35. The molecular formula is C15H19NO2. The summed E-state index contributed by atoms with van der Waals surface area (Å²) >= 11 is 0. The van der Waals surface area contributed by atoms with Crippen molar-refractivity contribution in [3.8, 4) is 5.75 Å². The minimum absolute atomic E-state index is 0.201. The summed E-state index contributed by atoms with van der Waals surface area (Å²) in [5, 5.41) is 10.5. The van der Waals surface area contributed by atoms with E-state index in [2.05, 4.69) is 23.6 Å². The van der Waals surface area contributed by atoms with Crippen LogP contribution in [0.3, 0.4) is 0 Å². The van der Waals surface area contributed by atoms with Crippen LogP contribution in [0.2, 0.25) is 0 Å². The summed E-state index contributed by atoms with van der Waals surface area (Å²) in [5.74, 6) is 0.927. The van der Waals surface area contributed by atoms with Gasteiger partial charge in [-0.2, -0.15) is 0 Å². The number of methoxy groups -OCH3 is 1. The molecule has 96 valence electrons. The fraction of sp³-hybridized carbons (Fsp3) is 0.467. The lowest BCUT2D eigenvalue weighted by Gasteiger charge is -2.17. The number of aliphatic hydroxyl groups is 1. The molecule has 1 aromatic heterocycles. The summed E-state index contributed by atoms with van der Waals surface area (Å²) in [5.41, 5.74) is 5.30. The first-order chi connectivity index (χ1) is 8.76. The Morgan fingerprint density at radius 2 is 2.22 bits per heavy atom. The van der Waals surface area contributed by atoms with E-state index in [0.717, 1.165) is 25.1 Å². The molecule has 0 bridgehead atoms. The van der Waals surface area contributed by atoms with E-state index in [9.17, 15) is 5.11 Å². The van der Waals surface area contributed by atoms with Crippen LogP contribution in [0, 0.1) is 6.92 Å². The van der Waals surface area contributed by atoms with Gasteiger partial charge in [0.05, 0.1) is 12.6 Å². The molecule has 18 heavy (non-hydrogen) atoms. The molecule has 0 saturated carbocycles. The molecule has 1 aliphatic rings. The molecule has 2 aromatic rings. The van der Waals surface area contributed by atoms with Gasteiger partial charge in [-0.3, -0.25) is 0 Å². The summed E-state index contributed by atoms with van der Waals surface area (Å²) in [4.78, 5) is 0. The zero-order valence-corrected chi connectivity index (χ0v) is 11.0. The van der Waals surface area contributed by atoms with Crippen molar-refractivity contribution in [3.63, 3.8) is 0 Å². The van der Waals surface area contributed by atoms with Crippen LogP contribution in [-0.2, 0) is 19.4 Å².